The molecule has 1 amide bonds. The number of benzene rings is 2. The Balaban J connectivity index is 1.97. The highest BCUT2D eigenvalue weighted by atomic mass is 35.5. The average molecular weight is 373 g/mol. The standard InChI is InChI=1S/C20H21ClN2O3/c1-3-26-19-13-12-17(14-8-10-15(21)11-9-14)22-23(19)20(24)16-6-4-5-7-18(16)25-2/h4-11,19H,3,12-13H2,1-2H3/t19-/m1/s1. The smallest absolute Gasteiger partial charge is 0.280 e. The maximum absolute atomic E-state index is 13.1. The molecule has 0 saturated heterocycles. The van der Waals surface area contributed by atoms with Gasteiger partial charge in [0.05, 0.1) is 18.4 Å². The third-order valence-electron chi connectivity index (χ3n) is 4.21. The molecule has 0 fully saturated rings. The lowest BCUT2D eigenvalue weighted by molar-refractivity contribution is -0.0477. The number of carbonyl (C=O) groups is 1. The van der Waals surface area contributed by atoms with Crippen molar-refractivity contribution < 1.29 is 14.3 Å². The molecule has 0 aromatic heterocycles. The maximum atomic E-state index is 13.1. The molecule has 1 atom stereocenters. The fraction of sp³-hybridized carbons (Fsp3) is 0.300. The van der Waals surface area contributed by atoms with Gasteiger partial charge in [-0.15, -0.1) is 0 Å². The normalized spacial score (nSPS) is 17.0. The molecule has 2 aromatic rings. The van der Waals surface area contributed by atoms with Crippen LogP contribution in [0.2, 0.25) is 5.02 Å². The molecule has 136 valence electrons. The lowest BCUT2D eigenvalue weighted by Gasteiger charge is -2.32. The van der Waals surface area contributed by atoms with Crippen molar-refractivity contribution in [2.75, 3.05) is 13.7 Å². The fourth-order valence-corrected chi connectivity index (χ4v) is 3.06. The zero-order valence-corrected chi connectivity index (χ0v) is 15.6. The van der Waals surface area contributed by atoms with Crippen molar-refractivity contribution in [2.24, 2.45) is 5.10 Å². The van der Waals surface area contributed by atoms with Crippen molar-refractivity contribution in [1.82, 2.24) is 5.01 Å². The molecule has 3 rings (SSSR count). The SMILES string of the molecule is CCO[C@@H]1CCC(c2ccc(Cl)cc2)=NN1C(=O)c1ccccc1OC. The van der Waals surface area contributed by atoms with Gasteiger partial charge < -0.3 is 9.47 Å². The second-order valence-corrected chi connectivity index (χ2v) is 6.29. The summed E-state index contributed by atoms with van der Waals surface area (Å²) in [7, 11) is 1.55. The van der Waals surface area contributed by atoms with Gasteiger partial charge in [-0.05, 0) is 49.6 Å². The number of amides is 1. The van der Waals surface area contributed by atoms with Crippen LogP contribution in [0, 0.1) is 0 Å². The Labute approximate surface area is 158 Å². The zero-order valence-electron chi connectivity index (χ0n) is 14.8. The van der Waals surface area contributed by atoms with E-state index in [2.05, 4.69) is 5.10 Å². The number of carbonyl (C=O) groups excluding carboxylic acids is 1. The Bertz CT molecular complexity index is 805. The molecule has 0 N–H and O–H groups in total. The summed E-state index contributed by atoms with van der Waals surface area (Å²) >= 11 is 5.97. The molecule has 1 aliphatic rings. The Hall–Kier alpha value is -2.37. The second-order valence-electron chi connectivity index (χ2n) is 5.85. The first kappa shape index (κ1) is 18.4. The summed E-state index contributed by atoms with van der Waals surface area (Å²) in [5, 5.41) is 6.70. The van der Waals surface area contributed by atoms with Gasteiger partial charge in [-0.25, -0.2) is 0 Å². The quantitative estimate of drug-likeness (QED) is 0.783. The molecule has 0 spiro atoms. The monoisotopic (exact) mass is 372 g/mol. The lowest BCUT2D eigenvalue weighted by Crippen LogP contribution is -2.42. The van der Waals surface area contributed by atoms with Crippen molar-refractivity contribution in [1.29, 1.82) is 0 Å². The van der Waals surface area contributed by atoms with Crippen LogP contribution in [0.15, 0.2) is 53.6 Å². The number of hydrogen-bond donors (Lipinski definition) is 0. The largest absolute Gasteiger partial charge is 0.496 e. The minimum atomic E-state index is -0.395. The highest BCUT2D eigenvalue weighted by Gasteiger charge is 2.31. The maximum Gasteiger partial charge on any atom is 0.280 e. The summed E-state index contributed by atoms with van der Waals surface area (Å²) in [5.74, 6) is 0.272. The highest BCUT2D eigenvalue weighted by molar-refractivity contribution is 6.30. The molecule has 0 unspecified atom stereocenters. The molecule has 26 heavy (non-hydrogen) atoms. The van der Waals surface area contributed by atoms with E-state index in [0.717, 1.165) is 17.7 Å². The van der Waals surface area contributed by atoms with Gasteiger partial charge in [0.1, 0.15) is 5.75 Å². The topological polar surface area (TPSA) is 51.1 Å². The minimum Gasteiger partial charge on any atom is -0.496 e. The van der Waals surface area contributed by atoms with E-state index in [9.17, 15) is 4.79 Å². The first-order chi connectivity index (χ1) is 12.6. The van der Waals surface area contributed by atoms with Gasteiger partial charge in [0.2, 0.25) is 0 Å². The third-order valence-corrected chi connectivity index (χ3v) is 4.46. The summed E-state index contributed by atoms with van der Waals surface area (Å²) in [6.45, 7) is 2.41. The van der Waals surface area contributed by atoms with E-state index in [4.69, 9.17) is 21.1 Å². The molecule has 5 nitrogen and oxygen atoms in total. The molecular weight excluding hydrogens is 352 g/mol. The summed E-state index contributed by atoms with van der Waals surface area (Å²) < 4.78 is 11.1. The van der Waals surface area contributed by atoms with Gasteiger partial charge in [-0.2, -0.15) is 10.1 Å². The lowest BCUT2D eigenvalue weighted by atomic mass is 10.0. The van der Waals surface area contributed by atoms with Gasteiger partial charge in [0.15, 0.2) is 6.23 Å². The number of hydrogen-bond acceptors (Lipinski definition) is 4. The van der Waals surface area contributed by atoms with E-state index >= 15 is 0 Å². The summed E-state index contributed by atoms with van der Waals surface area (Å²) in [4.78, 5) is 13.1. The molecule has 1 aliphatic heterocycles. The molecule has 0 radical (unpaired) electrons. The summed E-state index contributed by atoms with van der Waals surface area (Å²) in [6.07, 6.45) is 1.01. The van der Waals surface area contributed by atoms with Crippen LogP contribution < -0.4 is 4.74 Å². The zero-order chi connectivity index (χ0) is 18.5. The minimum absolute atomic E-state index is 0.243. The third kappa shape index (κ3) is 3.89. The van der Waals surface area contributed by atoms with Crippen molar-refractivity contribution in [2.45, 2.75) is 26.0 Å². The first-order valence-corrected chi connectivity index (χ1v) is 8.93. The highest BCUT2D eigenvalue weighted by Crippen LogP contribution is 2.26. The predicted molar refractivity (Wildman–Crippen MR) is 102 cm³/mol. The summed E-state index contributed by atoms with van der Waals surface area (Å²) in [6, 6.07) is 14.6. The van der Waals surface area contributed by atoms with E-state index in [1.807, 2.05) is 37.3 Å². The number of halogens is 1. The number of para-hydroxylation sites is 1. The van der Waals surface area contributed by atoms with Gasteiger partial charge in [0.25, 0.3) is 5.91 Å². The van der Waals surface area contributed by atoms with Crippen LogP contribution in [-0.2, 0) is 4.74 Å². The van der Waals surface area contributed by atoms with E-state index in [1.165, 1.54) is 5.01 Å². The van der Waals surface area contributed by atoms with Crippen molar-refractivity contribution in [3.8, 4) is 5.75 Å². The molecule has 0 aliphatic carbocycles. The van der Waals surface area contributed by atoms with E-state index in [0.29, 0.717) is 29.4 Å². The fourth-order valence-electron chi connectivity index (χ4n) is 2.94. The van der Waals surface area contributed by atoms with Gasteiger partial charge >= 0.3 is 0 Å². The van der Waals surface area contributed by atoms with Gasteiger partial charge in [0, 0.05) is 11.6 Å². The molecule has 0 saturated carbocycles. The number of rotatable bonds is 5. The number of nitrogens with zero attached hydrogens (tertiary/aromatic N) is 2. The van der Waals surface area contributed by atoms with E-state index in [-0.39, 0.29) is 5.91 Å². The van der Waals surface area contributed by atoms with Crippen molar-refractivity contribution in [3.05, 3.63) is 64.7 Å². The first-order valence-electron chi connectivity index (χ1n) is 8.55. The summed E-state index contributed by atoms with van der Waals surface area (Å²) in [5.41, 5.74) is 2.24. The molecule has 2 aromatic carbocycles. The van der Waals surface area contributed by atoms with Crippen LogP contribution in [0.3, 0.4) is 0 Å². The Morgan fingerprint density at radius 3 is 2.65 bits per heavy atom. The predicted octanol–water partition coefficient (Wildman–Crippen LogP) is 4.35. The Morgan fingerprint density at radius 1 is 1.23 bits per heavy atom. The Morgan fingerprint density at radius 2 is 1.96 bits per heavy atom. The van der Waals surface area contributed by atoms with Crippen LogP contribution in [0.25, 0.3) is 0 Å². The molecule has 0 bridgehead atoms. The van der Waals surface area contributed by atoms with Gasteiger partial charge in [-0.1, -0.05) is 35.9 Å². The van der Waals surface area contributed by atoms with Crippen LogP contribution in [0.1, 0.15) is 35.7 Å². The number of hydrazone groups is 1. The number of methoxy groups -OCH3 is 1. The molecular formula is C20H21ClN2O3. The number of ether oxygens (including phenoxy) is 2. The van der Waals surface area contributed by atoms with E-state index in [1.54, 1.807) is 25.3 Å². The van der Waals surface area contributed by atoms with Crippen molar-refractivity contribution >= 4 is 23.2 Å². The molecule has 6 heteroatoms. The van der Waals surface area contributed by atoms with Crippen molar-refractivity contribution in [3.63, 3.8) is 0 Å². The van der Waals surface area contributed by atoms with Crippen LogP contribution in [-0.4, -0.2) is 36.6 Å². The van der Waals surface area contributed by atoms with Crippen LogP contribution in [0.4, 0.5) is 0 Å². The Kier molecular flexibility index (Phi) is 5.91. The average Bonchev–Trinajstić information content (AvgIpc) is 2.68. The van der Waals surface area contributed by atoms with Gasteiger partial charge in [-0.3, -0.25) is 4.79 Å². The van der Waals surface area contributed by atoms with Crippen LogP contribution >= 0.6 is 11.6 Å². The molecule has 1 heterocycles. The second kappa shape index (κ2) is 8.34. The van der Waals surface area contributed by atoms with Crippen LogP contribution in [0.5, 0.6) is 5.75 Å². The van der Waals surface area contributed by atoms with E-state index < -0.39 is 6.23 Å².